The molecular formula is C18H24N4O. The Bertz CT molecular complexity index is 686. The second-order valence-electron chi connectivity index (χ2n) is 6.10. The molecule has 1 aliphatic rings. The Morgan fingerprint density at radius 1 is 1.43 bits per heavy atom. The number of para-hydroxylation sites is 1. The van der Waals surface area contributed by atoms with E-state index in [0.717, 1.165) is 49.2 Å². The molecule has 0 saturated carbocycles. The minimum atomic E-state index is -0.142. The molecule has 1 fully saturated rings. The molecule has 1 saturated heterocycles. The van der Waals surface area contributed by atoms with E-state index >= 15 is 0 Å². The molecule has 0 aliphatic carbocycles. The molecule has 0 radical (unpaired) electrons. The van der Waals surface area contributed by atoms with Crippen LogP contribution in [0.2, 0.25) is 0 Å². The molecule has 1 unspecified atom stereocenters. The summed E-state index contributed by atoms with van der Waals surface area (Å²) in [6.07, 6.45) is 5.05. The number of benzene rings is 1. The van der Waals surface area contributed by atoms with Gasteiger partial charge in [0.25, 0.3) is 5.91 Å². The van der Waals surface area contributed by atoms with Crippen molar-refractivity contribution in [2.45, 2.75) is 39.2 Å². The first-order valence-corrected chi connectivity index (χ1v) is 8.34. The second-order valence-corrected chi connectivity index (χ2v) is 6.10. The summed E-state index contributed by atoms with van der Waals surface area (Å²) >= 11 is 0. The van der Waals surface area contributed by atoms with Gasteiger partial charge in [0, 0.05) is 18.4 Å². The summed E-state index contributed by atoms with van der Waals surface area (Å²) in [5.74, 6) is -0.142. The Hall–Kier alpha value is -2.14. The fraction of sp³-hybridized carbons (Fsp3) is 0.444. The molecule has 0 spiro atoms. The van der Waals surface area contributed by atoms with Gasteiger partial charge in [0.1, 0.15) is 0 Å². The van der Waals surface area contributed by atoms with E-state index in [1.807, 2.05) is 29.9 Å². The summed E-state index contributed by atoms with van der Waals surface area (Å²) in [7, 11) is 0. The molecule has 2 heterocycles. The van der Waals surface area contributed by atoms with Gasteiger partial charge in [-0.3, -0.25) is 9.48 Å². The van der Waals surface area contributed by atoms with Gasteiger partial charge < -0.3 is 10.6 Å². The van der Waals surface area contributed by atoms with E-state index in [0.29, 0.717) is 11.7 Å². The number of anilines is 1. The van der Waals surface area contributed by atoms with Gasteiger partial charge in [-0.05, 0) is 49.9 Å². The summed E-state index contributed by atoms with van der Waals surface area (Å²) in [6.45, 7) is 6.09. The lowest BCUT2D eigenvalue weighted by atomic mass is 10.1. The third-order valence-corrected chi connectivity index (χ3v) is 4.46. The van der Waals surface area contributed by atoms with E-state index in [1.54, 1.807) is 6.07 Å². The van der Waals surface area contributed by atoms with E-state index in [1.165, 1.54) is 0 Å². The molecule has 5 nitrogen and oxygen atoms in total. The van der Waals surface area contributed by atoms with Crippen molar-refractivity contribution in [2.24, 2.45) is 0 Å². The average molecular weight is 312 g/mol. The van der Waals surface area contributed by atoms with Crippen LogP contribution in [0.4, 0.5) is 5.69 Å². The number of aryl methyl sites for hydroxylation is 2. The largest absolute Gasteiger partial charge is 0.320 e. The van der Waals surface area contributed by atoms with Crippen LogP contribution in [0.15, 0.2) is 30.5 Å². The van der Waals surface area contributed by atoms with E-state index in [-0.39, 0.29) is 5.91 Å². The van der Waals surface area contributed by atoms with Crippen LogP contribution < -0.4 is 10.6 Å². The Morgan fingerprint density at radius 3 is 3.04 bits per heavy atom. The highest BCUT2D eigenvalue weighted by Gasteiger charge is 2.18. The van der Waals surface area contributed by atoms with Crippen molar-refractivity contribution in [1.82, 2.24) is 15.1 Å². The molecule has 23 heavy (non-hydrogen) atoms. The third kappa shape index (κ3) is 3.45. The van der Waals surface area contributed by atoms with Crippen LogP contribution in [0, 0.1) is 6.92 Å². The van der Waals surface area contributed by atoms with Crippen LogP contribution in [0.3, 0.4) is 0 Å². The molecule has 2 N–H and O–H groups in total. The zero-order valence-electron chi connectivity index (χ0n) is 13.8. The van der Waals surface area contributed by atoms with Gasteiger partial charge >= 0.3 is 0 Å². The van der Waals surface area contributed by atoms with Gasteiger partial charge in [0.05, 0.1) is 6.04 Å². The molecule has 2 aromatic rings. The van der Waals surface area contributed by atoms with Gasteiger partial charge in [-0.2, -0.15) is 5.10 Å². The van der Waals surface area contributed by atoms with Crippen LogP contribution in [0.5, 0.6) is 0 Å². The predicted octanol–water partition coefficient (Wildman–Crippen LogP) is 2.93. The van der Waals surface area contributed by atoms with Crippen molar-refractivity contribution in [3.63, 3.8) is 0 Å². The number of rotatable bonds is 4. The Kier molecular flexibility index (Phi) is 4.76. The minimum Gasteiger partial charge on any atom is -0.320 e. The van der Waals surface area contributed by atoms with E-state index < -0.39 is 0 Å². The molecule has 0 bridgehead atoms. The molecule has 3 rings (SSSR count). The summed E-state index contributed by atoms with van der Waals surface area (Å²) in [6, 6.07) is 8.23. The zero-order valence-corrected chi connectivity index (χ0v) is 13.8. The van der Waals surface area contributed by atoms with Crippen molar-refractivity contribution in [3.8, 4) is 0 Å². The molecule has 1 atom stereocenters. The smallest absolute Gasteiger partial charge is 0.276 e. The maximum absolute atomic E-state index is 12.5. The molecule has 1 aromatic carbocycles. The van der Waals surface area contributed by atoms with Gasteiger partial charge in [0.2, 0.25) is 0 Å². The number of amides is 1. The Labute approximate surface area is 137 Å². The predicted molar refractivity (Wildman–Crippen MR) is 91.9 cm³/mol. The minimum absolute atomic E-state index is 0.142. The molecule has 1 amide bonds. The molecule has 1 aliphatic heterocycles. The van der Waals surface area contributed by atoms with Crippen LogP contribution in [0.25, 0.3) is 0 Å². The topological polar surface area (TPSA) is 59.0 Å². The highest BCUT2D eigenvalue weighted by Crippen LogP contribution is 2.22. The zero-order chi connectivity index (χ0) is 16.2. The highest BCUT2D eigenvalue weighted by atomic mass is 16.2. The lowest BCUT2D eigenvalue weighted by Crippen LogP contribution is -2.32. The number of carbonyl (C=O) groups is 1. The maximum atomic E-state index is 12.5. The van der Waals surface area contributed by atoms with Gasteiger partial charge in [0.15, 0.2) is 5.69 Å². The standard InChI is InChI=1S/C18H24N4O/c1-3-14-7-4-6-13(2)17(14)20-18(23)16-9-11-22(21-16)15-8-5-10-19-12-15/h4,6-7,9,11,15,19H,3,5,8,10,12H2,1-2H3,(H,20,23). The second kappa shape index (κ2) is 6.96. The van der Waals surface area contributed by atoms with Gasteiger partial charge in [-0.15, -0.1) is 0 Å². The lowest BCUT2D eigenvalue weighted by molar-refractivity contribution is 0.102. The summed E-state index contributed by atoms with van der Waals surface area (Å²) in [5.41, 5.74) is 3.61. The highest BCUT2D eigenvalue weighted by molar-refractivity contribution is 6.03. The number of nitrogens with zero attached hydrogens (tertiary/aromatic N) is 2. The number of piperidine rings is 1. The lowest BCUT2D eigenvalue weighted by Gasteiger charge is -2.22. The summed E-state index contributed by atoms with van der Waals surface area (Å²) in [4.78, 5) is 12.5. The summed E-state index contributed by atoms with van der Waals surface area (Å²) < 4.78 is 1.92. The molecule has 122 valence electrons. The van der Waals surface area contributed by atoms with Gasteiger partial charge in [-0.1, -0.05) is 25.1 Å². The van der Waals surface area contributed by atoms with Crippen molar-refractivity contribution < 1.29 is 4.79 Å². The Morgan fingerprint density at radius 2 is 2.30 bits per heavy atom. The van der Waals surface area contributed by atoms with E-state index in [2.05, 4.69) is 28.7 Å². The molecular weight excluding hydrogens is 288 g/mol. The van der Waals surface area contributed by atoms with Crippen LogP contribution in [-0.2, 0) is 6.42 Å². The van der Waals surface area contributed by atoms with Crippen molar-refractivity contribution in [3.05, 3.63) is 47.3 Å². The number of carbonyl (C=O) groups excluding carboxylic acids is 1. The number of aromatic nitrogens is 2. The first-order valence-electron chi connectivity index (χ1n) is 8.34. The van der Waals surface area contributed by atoms with Crippen molar-refractivity contribution in [2.75, 3.05) is 18.4 Å². The van der Waals surface area contributed by atoms with Crippen LogP contribution in [-0.4, -0.2) is 28.8 Å². The molecule has 1 aromatic heterocycles. The average Bonchev–Trinajstić information content (AvgIpc) is 3.07. The van der Waals surface area contributed by atoms with Crippen LogP contribution in [0.1, 0.15) is 47.4 Å². The van der Waals surface area contributed by atoms with Gasteiger partial charge in [-0.25, -0.2) is 0 Å². The maximum Gasteiger partial charge on any atom is 0.276 e. The first kappa shape index (κ1) is 15.7. The first-order chi connectivity index (χ1) is 11.2. The number of hydrogen-bond donors (Lipinski definition) is 2. The number of nitrogens with one attached hydrogen (secondary N) is 2. The monoisotopic (exact) mass is 312 g/mol. The normalized spacial score (nSPS) is 17.9. The molecule has 5 heteroatoms. The number of hydrogen-bond acceptors (Lipinski definition) is 3. The van der Waals surface area contributed by atoms with Crippen molar-refractivity contribution >= 4 is 11.6 Å². The van der Waals surface area contributed by atoms with Crippen molar-refractivity contribution in [1.29, 1.82) is 0 Å². The fourth-order valence-corrected chi connectivity index (χ4v) is 3.10. The van der Waals surface area contributed by atoms with Crippen LogP contribution >= 0.6 is 0 Å². The van der Waals surface area contributed by atoms with E-state index in [4.69, 9.17) is 0 Å². The van der Waals surface area contributed by atoms with E-state index in [9.17, 15) is 4.79 Å². The fourth-order valence-electron chi connectivity index (χ4n) is 3.10. The summed E-state index contributed by atoms with van der Waals surface area (Å²) in [5, 5.41) is 10.9. The third-order valence-electron chi connectivity index (χ3n) is 4.46. The quantitative estimate of drug-likeness (QED) is 0.912. The SMILES string of the molecule is CCc1cccc(C)c1NC(=O)c1ccn(C2CCCNC2)n1. The Balaban J connectivity index is 1.75.